The molecule has 0 fully saturated rings. The number of carbonyl (C=O) groups excluding carboxylic acids is 1. The third-order valence-electron chi connectivity index (χ3n) is 9.45. The Hall–Kier alpha value is -1.28. The number of unbranched alkanes of at least 4 members (excludes halogenated alkanes) is 21. The molecule has 0 saturated carbocycles. The Kier molecular flexibility index (Phi) is 37.7. The normalized spacial score (nSPS) is 14.1. The minimum absolute atomic E-state index is 0.0863. The molecule has 0 aromatic heterocycles. The van der Waals surface area contributed by atoms with Gasteiger partial charge in [-0.15, -0.1) is 0 Å². The number of esters is 1. The molecule has 0 aliphatic carbocycles. The van der Waals surface area contributed by atoms with E-state index in [9.17, 15) is 14.3 Å². The van der Waals surface area contributed by atoms with Crippen LogP contribution in [0.2, 0.25) is 0 Å². The molecule has 9 heteroatoms. The first kappa shape index (κ1) is 52.7. The molecule has 0 aliphatic heterocycles. The second-order valence-electron chi connectivity index (χ2n) is 16.1. The number of phosphoric ester groups is 1. The first-order valence-corrected chi connectivity index (χ1v) is 23.7. The summed E-state index contributed by atoms with van der Waals surface area (Å²) in [7, 11) is 1.66. The molecule has 0 aromatic rings. The fraction of sp³-hybridized carbons (Fsp3) is 0.844. The largest absolute Gasteiger partial charge is 0.472 e. The van der Waals surface area contributed by atoms with Crippen LogP contribution in [0.3, 0.4) is 0 Å². The molecule has 0 rings (SSSR count). The van der Waals surface area contributed by atoms with Crippen LogP contribution in [0.25, 0.3) is 0 Å². The van der Waals surface area contributed by atoms with E-state index >= 15 is 0 Å². The summed E-state index contributed by atoms with van der Waals surface area (Å²) < 4.78 is 34.9. The Bertz CT molecular complexity index is 962. The van der Waals surface area contributed by atoms with Crippen molar-refractivity contribution in [1.29, 1.82) is 0 Å². The Balaban J connectivity index is 4.21. The van der Waals surface area contributed by atoms with Gasteiger partial charge in [-0.2, -0.15) is 0 Å². The second-order valence-corrected chi connectivity index (χ2v) is 17.5. The zero-order valence-electron chi connectivity index (χ0n) is 36.0. The van der Waals surface area contributed by atoms with Gasteiger partial charge >= 0.3 is 13.8 Å². The van der Waals surface area contributed by atoms with E-state index in [0.29, 0.717) is 24.1 Å². The molecule has 0 aromatic carbocycles. The van der Waals surface area contributed by atoms with Crippen LogP contribution in [0.4, 0.5) is 0 Å². The molecule has 1 N–H and O–H groups in total. The van der Waals surface area contributed by atoms with E-state index in [1.807, 2.05) is 21.1 Å². The molecule has 0 bridgehead atoms. The number of nitrogens with zero attached hydrogens (tertiary/aromatic N) is 1. The molecule has 0 radical (unpaired) electrons. The van der Waals surface area contributed by atoms with Crippen molar-refractivity contribution in [1.82, 2.24) is 0 Å². The maximum Gasteiger partial charge on any atom is 0.472 e. The van der Waals surface area contributed by atoms with Crippen molar-refractivity contribution in [2.45, 2.75) is 193 Å². The molecule has 0 amide bonds. The lowest BCUT2D eigenvalue weighted by Gasteiger charge is -2.24. The van der Waals surface area contributed by atoms with Crippen LogP contribution < -0.4 is 0 Å². The summed E-state index contributed by atoms with van der Waals surface area (Å²) in [6, 6.07) is 0. The number of ether oxygens (including phenoxy) is 2. The molecular formula is C45H87NO7P+. The first-order valence-electron chi connectivity index (χ1n) is 22.2. The Morgan fingerprint density at radius 2 is 1.02 bits per heavy atom. The molecule has 0 heterocycles. The zero-order valence-corrected chi connectivity index (χ0v) is 36.9. The quantitative estimate of drug-likeness (QED) is 0.0217. The molecule has 0 saturated heterocycles. The van der Waals surface area contributed by atoms with Crippen molar-refractivity contribution < 1.29 is 37.3 Å². The summed E-state index contributed by atoms with van der Waals surface area (Å²) in [4.78, 5) is 22.9. The lowest BCUT2D eigenvalue weighted by atomic mass is 10.1. The Morgan fingerprint density at radius 3 is 1.52 bits per heavy atom. The zero-order chi connectivity index (χ0) is 39.9. The van der Waals surface area contributed by atoms with Crippen LogP contribution in [-0.2, 0) is 27.9 Å². The predicted molar refractivity (Wildman–Crippen MR) is 229 cm³/mol. The van der Waals surface area contributed by atoms with E-state index in [1.54, 1.807) is 0 Å². The SMILES string of the molecule is CCCCCCC/C=C\C/C=C\C/C=C\CCCCCCCCC(=O)OC(COCCCCCCCCCCCCC)COP(=O)(O)OCC[N+](C)(C)C. The number of quaternary nitrogens is 1. The van der Waals surface area contributed by atoms with E-state index in [1.165, 1.54) is 109 Å². The second kappa shape index (κ2) is 38.6. The molecule has 8 nitrogen and oxygen atoms in total. The summed E-state index contributed by atoms with van der Waals surface area (Å²) in [6.45, 7) is 5.60. The summed E-state index contributed by atoms with van der Waals surface area (Å²) in [6.07, 6.45) is 44.6. The highest BCUT2D eigenvalue weighted by Gasteiger charge is 2.26. The third kappa shape index (κ3) is 41.9. The van der Waals surface area contributed by atoms with Crippen LogP contribution in [-0.4, -0.2) is 75.6 Å². The van der Waals surface area contributed by atoms with Gasteiger partial charge in [-0.25, -0.2) is 4.57 Å². The molecule has 318 valence electrons. The average molecular weight is 785 g/mol. The van der Waals surface area contributed by atoms with Gasteiger partial charge in [0.1, 0.15) is 19.3 Å². The Morgan fingerprint density at radius 1 is 0.574 bits per heavy atom. The summed E-state index contributed by atoms with van der Waals surface area (Å²) in [5.74, 6) is -0.325. The fourth-order valence-electron chi connectivity index (χ4n) is 5.97. The van der Waals surface area contributed by atoms with E-state index < -0.39 is 13.9 Å². The third-order valence-corrected chi connectivity index (χ3v) is 10.4. The highest BCUT2D eigenvalue weighted by atomic mass is 31.2. The van der Waals surface area contributed by atoms with Crippen LogP contribution in [0, 0.1) is 0 Å². The van der Waals surface area contributed by atoms with Gasteiger partial charge in [0.05, 0.1) is 34.4 Å². The Labute approximate surface area is 334 Å². The molecule has 0 spiro atoms. The molecular weight excluding hydrogens is 697 g/mol. The van der Waals surface area contributed by atoms with Crippen LogP contribution in [0.15, 0.2) is 36.5 Å². The highest BCUT2D eigenvalue weighted by molar-refractivity contribution is 7.47. The van der Waals surface area contributed by atoms with Crippen molar-refractivity contribution in [3.05, 3.63) is 36.5 Å². The van der Waals surface area contributed by atoms with Gasteiger partial charge in [0.2, 0.25) is 0 Å². The van der Waals surface area contributed by atoms with E-state index in [-0.39, 0.29) is 25.8 Å². The topological polar surface area (TPSA) is 91.3 Å². The average Bonchev–Trinajstić information content (AvgIpc) is 3.12. The van der Waals surface area contributed by atoms with Gasteiger partial charge in [0, 0.05) is 13.0 Å². The number of allylic oxidation sites excluding steroid dienone is 6. The number of rotatable bonds is 41. The smallest absolute Gasteiger partial charge is 0.457 e. The molecule has 0 aliphatic rings. The van der Waals surface area contributed by atoms with Gasteiger partial charge in [-0.3, -0.25) is 13.8 Å². The predicted octanol–water partition coefficient (Wildman–Crippen LogP) is 13.0. The maximum atomic E-state index is 12.7. The number of hydrogen-bond donors (Lipinski definition) is 1. The minimum Gasteiger partial charge on any atom is -0.457 e. The van der Waals surface area contributed by atoms with E-state index in [4.69, 9.17) is 18.5 Å². The standard InChI is InChI=1S/C45H86NO7P/c1-6-8-10-12-14-16-18-19-20-21-22-23-24-25-26-27-28-30-32-34-36-38-45(47)53-44(43-52-54(48,49)51-41-39-46(3,4)5)42-50-40-37-35-33-31-29-17-15-13-11-9-7-2/h18-19,21-22,24-25,44H,6-17,20,23,26-43H2,1-5H3/p+1/b19-18-,22-21-,25-24-. The molecule has 2 unspecified atom stereocenters. The van der Waals surface area contributed by atoms with E-state index in [0.717, 1.165) is 57.8 Å². The number of carbonyl (C=O) groups is 1. The number of phosphoric acid groups is 1. The van der Waals surface area contributed by atoms with Crippen molar-refractivity contribution >= 4 is 13.8 Å². The monoisotopic (exact) mass is 785 g/mol. The van der Waals surface area contributed by atoms with Crippen molar-refractivity contribution in [3.8, 4) is 0 Å². The van der Waals surface area contributed by atoms with Gasteiger partial charge < -0.3 is 18.9 Å². The lowest BCUT2D eigenvalue weighted by molar-refractivity contribution is -0.870. The van der Waals surface area contributed by atoms with Crippen molar-refractivity contribution in [3.63, 3.8) is 0 Å². The van der Waals surface area contributed by atoms with Crippen LogP contribution in [0.5, 0.6) is 0 Å². The van der Waals surface area contributed by atoms with Gasteiger partial charge in [-0.05, 0) is 51.4 Å². The minimum atomic E-state index is -4.27. The number of likely N-dealkylation sites (N-methyl/N-ethyl adjacent to an activating group) is 1. The van der Waals surface area contributed by atoms with Gasteiger partial charge in [0.15, 0.2) is 0 Å². The summed E-state index contributed by atoms with van der Waals surface area (Å²) >= 11 is 0. The fourth-order valence-corrected chi connectivity index (χ4v) is 6.71. The maximum absolute atomic E-state index is 12.7. The first-order chi connectivity index (χ1) is 26.1. The van der Waals surface area contributed by atoms with Crippen molar-refractivity contribution in [2.75, 3.05) is 54.1 Å². The van der Waals surface area contributed by atoms with Crippen LogP contribution in [0.1, 0.15) is 187 Å². The number of hydrogen-bond acceptors (Lipinski definition) is 6. The van der Waals surface area contributed by atoms with Crippen LogP contribution >= 0.6 is 7.82 Å². The highest BCUT2D eigenvalue weighted by Crippen LogP contribution is 2.43. The molecule has 54 heavy (non-hydrogen) atoms. The van der Waals surface area contributed by atoms with Gasteiger partial charge in [-0.1, -0.05) is 166 Å². The molecule has 2 atom stereocenters. The van der Waals surface area contributed by atoms with Crippen molar-refractivity contribution in [2.24, 2.45) is 0 Å². The lowest BCUT2D eigenvalue weighted by Crippen LogP contribution is -2.37. The van der Waals surface area contributed by atoms with E-state index in [2.05, 4.69) is 50.3 Å². The van der Waals surface area contributed by atoms with Gasteiger partial charge in [0.25, 0.3) is 0 Å². The summed E-state index contributed by atoms with van der Waals surface area (Å²) in [5, 5.41) is 0. The summed E-state index contributed by atoms with van der Waals surface area (Å²) in [5.41, 5.74) is 0.